The highest BCUT2D eigenvalue weighted by atomic mass is 16.6. The van der Waals surface area contributed by atoms with E-state index in [2.05, 4.69) is 10.6 Å². The Morgan fingerprint density at radius 2 is 0.929 bits per heavy atom. The third-order valence-corrected chi connectivity index (χ3v) is 10.3. The Morgan fingerprint density at radius 1 is 0.571 bits per heavy atom. The van der Waals surface area contributed by atoms with Crippen LogP contribution in [0.15, 0.2) is 109 Å². The van der Waals surface area contributed by atoms with Crippen molar-refractivity contribution in [2.24, 2.45) is 0 Å². The molecule has 292 valence electrons. The van der Waals surface area contributed by atoms with Gasteiger partial charge >= 0.3 is 12.2 Å². The summed E-state index contributed by atoms with van der Waals surface area (Å²) in [6.07, 6.45) is 3.90. The quantitative estimate of drug-likeness (QED) is 0.159. The summed E-state index contributed by atoms with van der Waals surface area (Å²) < 4.78 is 11.2. The van der Waals surface area contributed by atoms with Crippen molar-refractivity contribution in [3.05, 3.63) is 131 Å². The average molecular weight is 759 g/mol. The molecule has 2 fully saturated rings. The lowest BCUT2D eigenvalue weighted by Gasteiger charge is -2.23. The summed E-state index contributed by atoms with van der Waals surface area (Å²) in [5, 5.41) is 5.96. The number of ether oxygens (including phenoxy) is 2. The predicted molar refractivity (Wildman–Crippen MR) is 217 cm³/mol. The minimum atomic E-state index is -0.661. The van der Waals surface area contributed by atoms with Crippen LogP contribution in [0.4, 0.5) is 21.0 Å². The Bertz CT molecular complexity index is 1830. The number of amides is 4. The van der Waals surface area contributed by atoms with Crippen molar-refractivity contribution in [3.63, 3.8) is 0 Å². The lowest BCUT2D eigenvalue weighted by Crippen LogP contribution is -2.43. The molecule has 4 aromatic carbocycles. The largest absolute Gasteiger partial charge is 0.445 e. The minimum Gasteiger partial charge on any atom is -0.445 e. The van der Waals surface area contributed by atoms with Crippen molar-refractivity contribution in [2.75, 3.05) is 51.9 Å². The van der Waals surface area contributed by atoms with E-state index in [1.807, 2.05) is 159 Å². The molecular formula is C44H50N6O6. The van der Waals surface area contributed by atoms with Gasteiger partial charge in [0.15, 0.2) is 0 Å². The lowest BCUT2D eigenvalue weighted by molar-refractivity contribution is -0.120. The first-order valence-electron chi connectivity index (χ1n) is 18.8. The second-order valence-corrected chi connectivity index (χ2v) is 14.7. The van der Waals surface area contributed by atoms with Gasteiger partial charge in [0.2, 0.25) is 11.8 Å². The summed E-state index contributed by atoms with van der Waals surface area (Å²) in [5.74, 6) is -0.523. The molecule has 0 bridgehead atoms. The Morgan fingerprint density at radius 3 is 1.27 bits per heavy atom. The van der Waals surface area contributed by atoms with Crippen molar-refractivity contribution in [3.8, 4) is 0 Å². The van der Waals surface area contributed by atoms with Gasteiger partial charge in [-0.25, -0.2) is 9.59 Å². The number of nitrogens with one attached hydrogen (secondary N) is 2. The molecule has 2 saturated heterocycles. The van der Waals surface area contributed by atoms with Crippen molar-refractivity contribution in [1.29, 1.82) is 0 Å². The van der Waals surface area contributed by atoms with Gasteiger partial charge in [-0.05, 0) is 87.6 Å². The first-order valence-corrected chi connectivity index (χ1v) is 18.8. The maximum atomic E-state index is 13.5. The Kier molecular flexibility index (Phi) is 13.2. The van der Waals surface area contributed by atoms with E-state index in [0.717, 1.165) is 22.3 Å². The minimum absolute atomic E-state index is 0.0301. The summed E-state index contributed by atoms with van der Waals surface area (Å²) in [7, 11) is 7.77. The van der Waals surface area contributed by atoms with Crippen molar-refractivity contribution in [2.45, 2.75) is 50.2 Å². The summed E-state index contributed by atoms with van der Waals surface area (Å²) >= 11 is 0. The van der Waals surface area contributed by atoms with E-state index in [0.29, 0.717) is 37.3 Å². The molecule has 2 N–H and O–H groups in total. The predicted octanol–water partition coefficient (Wildman–Crippen LogP) is 6.42. The van der Waals surface area contributed by atoms with E-state index in [4.69, 9.17) is 9.47 Å². The molecule has 12 heteroatoms. The molecule has 4 aromatic rings. The van der Waals surface area contributed by atoms with Crippen LogP contribution in [0.5, 0.6) is 0 Å². The van der Waals surface area contributed by atoms with E-state index >= 15 is 0 Å². The summed E-state index contributed by atoms with van der Waals surface area (Å²) in [4.78, 5) is 60.2. The molecule has 0 radical (unpaired) electrons. The first kappa shape index (κ1) is 39.7. The Labute approximate surface area is 328 Å². The van der Waals surface area contributed by atoms with E-state index in [1.165, 1.54) is 9.80 Å². The number of hydrogen-bond acceptors (Lipinski definition) is 8. The van der Waals surface area contributed by atoms with Gasteiger partial charge in [0.25, 0.3) is 0 Å². The van der Waals surface area contributed by atoms with Crippen LogP contribution in [-0.4, -0.2) is 109 Å². The molecule has 6 rings (SSSR count). The third kappa shape index (κ3) is 10.4. The number of likely N-dealkylation sites (tertiary alicyclic amines) is 2. The highest BCUT2D eigenvalue weighted by molar-refractivity contribution is 5.98. The van der Waals surface area contributed by atoms with Gasteiger partial charge in [-0.1, -0.05) is 97.1 Å². The highest BCUT2D eigenvalue weighted by Gasteiger charge is 2.42. The second-order valence-electron chi connectivity index (χ2n) is 14.7. The van der Waals surface area contributed by atoms with Gasteiger partial charge in [0.1, 0.15) is 25.3 Å². The van der Waals surface area contributed by atoms with Crippen LogP contribution in [0.1, 0.15) is 35.1 Å². The van der Waals surface area contributed by atoms with Gasteiger partial charge in [-0.15, -0.1) is 0 Å². The van der Waals surface area contributed by atoms with Crippen LogP contribution in [-0.2, 0) is 32.3 Å². The van der Waals surface area contributed by atoms with E-state index in [1.54, 1.807) is 0 Å². The van der Waals surface area contributed by atoms with Crippen molar-refractivity contribution in [1.82, 2.24) is 19.6 Å². The number of benzene rings is 4. The Balaban J connectivity index is 1.01. The molecular weight excluding hydrogens is 709 g/mol. The standard InChI is InChI=1S/C44H50N6O6/c1-47(2)37-25-39(49(27-37)43(53)55-29-33-11-7-5-8-12-33)41(51)45-35-21-17-31(18-22-35)15-16-32-19-23-36(24-20-32)46-42(52)40-26-38(48(3)4)28-50(40)44(54)56-30-34-13-9-6-10-14-34/h5-24,37-40H,25-30H2,1-4H3,(H,45,51)(H,46,52)/b16-15+/t37-,38-,39-,40-/m0/s1. The zero-order chi connectivity index (χ0) is 39.6. The van der Waals surface area contributed by atoms with Crippen LogP contribution in [0, 0.1) is 0 Å². The topological polar surface area (TPSA) is 124 Å². The number of anilines is 2. The van der Waals surface area contributed by atoms with E-state index in [9.17, 15) is 19.2 Å². The molecule has 0 aromatic heterocycles. The maximum Gasteiger partial charge on any atom is 0.410 e. The molecule has 2 heterocycles. The zero-order valence-corrected chi connectivity index (χ0v) is 32.3. The molecule has 2 aliphatic heterocycles. The molecule has 2 aliphatic rings. The zero-order valence-electron chi connectivity index (χ0n) is 32.3. The SMILES string of the molecule is CN(C)[C@H]1C[C@@H](C(=O)Nc2ccc(/C=C/c3ccc(NC(=O)[C@@H]4C[C@H](N(C)C)CN4C(=O)OCc4ccccc4)cc3)cc2)N(C(=O)OCc2ccccc2)C1. The van der Waals surface area contributed by atoms with Crippen LogP contribution >= 0.6 is 0 Å². The molecule has 4 atom stereocenters. The van der Waals surface area contributed by atoms with Crippen molar-refractivity contribution >= 4 is 47.5 Å². The third-order valence-electron chi connectivity index (χ3n) is 10.3. The summed E-state index contributed by atoms with van der Waals surface area (Å²) in [6, 6.07) is 32.6. The van der Waals surface area contributed by atoms with Crippen LogP contribution in [0.3, 0.4) is 0 Å². The second kappa shape index (κ2) is 18.6. The Hall–Kier alpha value is -5.98. The summed E-state index contributed by atoms with van der Waals surface area (Å²) in [6.45, 7) is 1.08. The van der Waals surface area contributed by atoms with E-state index in [-0.39, 0.29) is 37.1 Å². The average Bonchev–Trinajstić information content (AvgIpc) is 3.87. The number of likely N-dealkylation sites (N-methyl/N-ethyl adjacent to an activating group) is 2. The number of hydrogen-bond donors (Lipinski definition) is 2. The van der Waals surface area contributed by atoms with Crippen molar-refractivity contribution < 1.29 is 28.7 Å². The monoisotopic (exact) mass is 758 g/mol. The lowest BCUT2D eigenvalue weighted by atomic mass is 10.1. The first-order chi connectivity index (χ1) is 27.0. The number of nitrogens with zero attached hydrogens (tertiary/aromatic N) is 4. The normalized spacial score (nSPS) is 19.4. The fourth-order valence-corrected chi connectivity index (χ4v) is 6.88. The maximum absolute atomic E-state index is 13.5. The van der Waals surface area contributed by atoms with Crippen LogP contribution in [0.25, 0.3) is 12.2 Å². The molecule has 12 nitrogen and oxygen atoms in total. The summed E-state index contributed by atoms with van der Waals surface area (Å²) in [5.41, 5.74) is 4.87. The molecule has 56 heavy (non-hydrogen) atoms. The van der Waals surface area contributed by atoms with E-state index < -0.39 is 24.3 Å². The van der Waals surface area contributed by atoms with Gasteiger partial charge < -0.3 is 29.9 Å². The van der Waals surface area contributed by atoms with Gasteiger partial charge in [-0.2, -0.15) is 0 Å². The van der Waals surface area contributed by atoms with Crippen LogP contribution in [0.2, 0.25) is 0 Å². The fraction of sp³-hybridized carbons (Fsp3) is 0.318. The van der Waals surface area contributed by atoms with Gasteiger partial charge in [0, 0.05) is 36.5 Å². The molecule has 0 saturated carbocycles. The van der Waals surface area contributed by atoms with Gasteiger partial charge in [-0.3, -0.25) is 19.4 Å². The smallest absolute Gasteiger partial charge is 0.410 e. The molecule has 4 amide bonds. The molecule has 0 aliphatic carbocycles. The van der Waals surface area contributed by atoms with Gasteiger partial charge in [0.05, 0.1) is 0 Å². The fourth-order valence-electron chi connectivity index (χ4n) is 6.88. The molecule has 0 spiro atoms. The molecule has 0 unspecified atom stereocenters. The number of carbonyl (C=O) groups is 4. The number of rotatable bonds is 12. The van der Waals surface area contributed by atoms with Crippen LogP contribution < -0.4 is 10.6 Å². The number of carbonyl (C=O) groups excluding carboxylic acids is 4. The highest BCUT2D eigenvalue weighted by Crippen LogP contribution is 2.26.